The zero-order valence-electron chi connectivity index (χ0n) is 7.12. The van der Waals surface area contributed by atoms with E-state index < -0.39 is 0 Å². The minimum Gasteiger partial charge on any atom is -0.505 e. The number of anilines is 1. The summed E-state index contributed by atoms with van der Waals surface area (Å²) in [6.07, 6.45) is 2.06. The second-order valence-electron chi connectivity index (χ2n) is 2.63. The number of nitrogens with zero attached hydrogens (tertiary/aromatic N) is 1. The first-order valence-electron chi connectivity index (χ1n) is 3.82. The van der Waals surface area contributed by atoms with Crippen LogP contribution in [0.4, 0.5) is 5.69 Å². The van der Waals surface area contributed by atoms with Gasteiger partial charge in [-0.05, 0) is 18.6 Å². The molecule has 1 rings (SSSR count). The lowest BCUT2D eigenvalue weighted by atomic mass is 10.0. The molecule has 3 heteroatoms. The topological polar surface area (TPSA) is 70.0 Å². The zero-order chi connectivity index (χ0) is 9.84. The number of hydrogen-bond acceptors (Lipinski definition) is 3. The van der Waals surface area contributed by atoms with E-state index in [2.05, 4.69) is 6.58 Å². The first kappa shape index (κ1) is 9.14. The van der Waals surface area contributed by atoms with E-state index in [0.717, 1.165) is 0 Å². The number of phenols is 1. The Morgan fingerprint density at radius 3 is 2.85 bits per heavy atom. The molecule has 13 heavy (non-hydrogen) atoms. The normalized spacial score (nSPS) is 9.15. The van der Waals surface area contributed by atoms with Crippen LogP contribution in [0.1, 0.15) is 11.1 Å². The number of nitriles is 1. The average Bonchev–Trinajstić information content (AvgIpc) is 2.14. The fourth-order valence-electron chi connectivity index (χ4n) is 1.11. The van der Waals surface area contributed by atoms with Gasteiger partial charge in [0.05, 0.1) is 17.3 Å². The molecule has 0 spiro atoms. The molecule has 0 fully saturated rings. The summed E-state index contributed by atoms with van der Waals surface area (Å²) in [4.78, 5) is 0. The number of allylic oxidation sites excluding steroid dienone is 1. The predicted octanol–water partition coefficient (Wildman–Crippen LogP) is 1.57. The monoisotopic (exact) mass is 174 g/mol. The maximum Gasteiger partial charge on any atom is 0.143 e. The highest BCUT2D eigenvalue weighted by molar-refractivity contribution is 5.61. The van der Waals surface area contributed by atoms with Gasteiger partial charge in [0.25, 0.3) is 0 Å². The van der Waals surface area contributed by atoms with Crippen molar-refractivity contribution >= 4 is 5.69 Å². The molecule has 0 saturated carbocycles. The Bertz CT molecular complexity index is 377. The van der Waals surface area contributed by atoms with Gasteiger partial charge in [0.1, 0.15) is 5.75 Å². The van der Waals surface area contributed by atoms with Gasteiger partial charge in [-0.1, -0.05) is 6.08 Å². The first-order chi connectivity index (χ1) is 6.20. The molecule has 0 aliphatic rings. The van der Waals surface area contributed by atoms with Crippen LogP contribution in [0.2, 0.25) is 0 Å². The molecule has 0 heterocycles. The number of nitrogen functional groups attached to an aromatic ring is 1. The molecule has 0 amide bonds. The van der Waals surface area contributed by atoms with Gasteiger partial charge in [0.2, 0.25) is 0 Å². The summed E-state index contributed by atoms with van der Waals surface area (Å²) in [6.45, 7) is 3.54. The molecular weight excluding hydrogens is 164 g/mol. The smallest absolute Gasteiger partial charge is 0.143 e. The van der Waals surface area contributed by atoms with E-state index in [9.17, 15) is 5.11 Å². The highest BCUT2D eigenvalue weighted by atomic mass is 16.3. The molecule has 0 radical (unpaired) electrons. The third kappa shape index (κ3) is 1.62. The van der Waals surface area contributed by atoms with Crippen molar-refractivity contribution in [2.24, 2.45) is 0 Å². The van der Waals surface area contributed by atoms with Crippen LogP contribution in [0.5, 0.6) is 5.75 Å². The quantitative estimate of drug-likeness (QED) is 0.406. The molecule has 0 saturated heterocycles. The first-order valence-corrected chi connectivity index (χ1v) is 3.82. The molecule has 0 aliphatic carbocycles. The highest BCUT2D eigenvalue weighted by Gasteiger charge is 2.08. The molecule has 1 aromatic carbocycles. The van der Waals surface area contributed by atoms with Crippen molar-refractivity contribution in [2.45, 2.75) is 6.42 Å². The van der Waals surface area contributed by atoms with Gasteiger partial charge in [-0.3, -0.25) is 0 Å². The molecule has 0 aliphatic heterocycles. The summed E-state index contributed by atoms with van der Waals surface area (Å²) in [5.41, 5.74) is 6.74. The standard InChI is InChI=1S/C10H10N2O/c1-2-3-8-7(6-11)4-5-9(12)10(8)13/h2,4-5,13H,1,3,12H2. The van der Waals surface area contributed by atoms with Gasteiger partial charge < -0.3 is 10.8 Å². The third-order valence-corrected chi connectivity index (χ3v) is 1.78. The van der Waals surface area contributed by atoms with Gasteiger partial charge in [-0.15, -0.1) is 6.58 Å². The Hall–Kier alpha value is -1.95. The van der Waals surface area contributed by atoms with E-state index in [0.29, 0.717) is 17.5 Å². The van der Waals surface area contributed by atoms with Gasteiger partial charge in [0.15, 0.2) is 0 Å². The predicted molar refractivity (Wildman–Crippen MR) is 51.1 cm³/mol. The Kier molecular flexibility index (Phi) is 2.56. The van der Waals surface area contributed by atoms with Gasteiger partial charge >= 0.3 is 0 Å². The van der Waals surface area contributed by atoms with E-state index in [1.54, 1.807) is 12.1 Å². The lowest BCUT2D eigenvalue weighted by molar-refractivity contribution is 0.472. The summed E-state index contributed by atoms with van der Waals surface area (Å²) < 4.78 is 0. The number of rotatable bonds is 2. The highest BCUT2D eigenvalue weighted by Crippen LogP contribution is 2.28. The maximum atomic E-state index is 9.52. The lowest BCUT2D eigenvalue weighted by Crippen LogP contribution is -1.94. The number of hydrogen-bond donors (Lipinski definition) is 2. The summed E-state index contributed by atoms with van der Waals surface area (Å²) in [7, 11) is 0. The van der Waals surface area contributed by atoms with Crippen LogP contribution in [-0.2, 0) is 6.42 Å². The number of aromatic hydroxyl groups is 1. The van der Waals surface area contributed by atoms with Crippen molar-refractivity contribution in [3.63, 3.8) is 0 Å². The van der Waals surface area contributed by atoms with Crippen LogP contribution in [0, 0.1) is 11.3 Å². The largest absolute Gasteiger partial charge is 0.505 e. The fraction of sp³-hybridized carbons (Fsp3) is 0.100. The molecule has 0 atom stereocenters. The average molecular weight is 174 g/mol. The summed E-state index contributed by atoms with van der Waals surface area (Å²) >= 11 is 0. The minimum atomic E-state index is -0.0149. The molecular formula is C10H10N2O. The van der Waals surface area contributed by atoms with Crippen LogP contribution in [0.3, 0.4) is 0 Å². The van der Waals surface area contributed by atoms with Crippen molar-refractivity contribution in [3.05, 3.63) is 35.9 Å². The molecule has 1 aromatic rings. The second kappa shape index (κ2) is 3.63. The van der Waals surface area contributed by atoms with Crippen molar-refractivity contribution in [2.75, 3.05) is 5.73 Å². The zero-order valence-corrected chi connectivity index (χ0v) is 7.12. The fourth-order valence-corrected chi connectivity index (χ4v) is 1.11. The van der Waals surface area contributed by atoms with E-state index in [-0.39, 0.29) is 11.4 Å². The number of benzene rings is 1. The Balaban J connectivity index is 3.33. The maximum absolute atomic E-state index is 9.52. The lowest BCUT2D eigenvalue weighted by Gasteiger charge is -2.06. The van der Waals surface area contributed by atoms with Crippen LogP contribution >= 0.6 is 0 Å². The third-order valence-electron chi connectivity index (χ3n) is 1.78. The Morgan fingerprint density at radius 2 is 2.31 bits per heavy atom. The molecule has 0 bridgehead atoms. The van der Waals surface area contributed by atoms with Gasteiger partial charge in [0, 0.05) is 5.56 Å². The summed E-state index contributed by atoms with van der Waals surface area (Å²) in [5, 5.41) is 18.2. The molecule has 3 nitrogen and oxygen atoms in total. The SMILES string of the molecule is C=CCc1c(C#N)ccc(N)c1O. The minimum absolute atomic E-state index is 0.0149. The van der Waals surface area contributed by atoms with Gasteiger partial charge in [-0.2, -0.15) is 5.26 Å². The van der Waals surface area contributed by atoms with Crippen LogP contribution in [0.15, 0.2) is 24.8 Å². The second-order valence-corrected chi connectivity index (χ2v) is 2.63. The van der Waals surface area contributed by atoms with Crippen molar-refractivity contribution in [1.29, 1.82) is 5.26 Å². The van der Waals surface area contributed by atoms with Gasteiger partial charge in [-0.25, -0.2) is 0 Å². The van der Waals surface area contributed by atoms with Crippen molar-refractivity contribution < 1.29 is 5.11 Å². The van der Waals surface area contributed by atoms with Crippen LogP contribution in [-0.4, -0.2) is 5.11 Å². The summed E-state index contributed by atoms with van der Waals surface area (Å²) in [5.74, 6) is -0.0149. The molecule has 0 unspecified atom stereocenters. The van der Waals surface area contributed by atoms with Crippen LogP contribution < -0.4 is 5.73 Å². The van der Waals surface area contributed by atoms with Crippen molar-refractivity contribution in [1.82, 2.24) is 0 Å². The van der Waals surface area contributed by atoms with E-state index in [1.165, 1.54) is 6.07 Å². The van der Waals surface area contributed by atoms with E-state index in [1.807, 2.05) is 6.07 Å². The molecule has 3 N–H and O–H groups in total. The number of phenolic OH excluding ortho intramolecular Hbond substituents is 1. The van der Waals surface area contributed by atoms with E-state index in [4.69, 9.17) is 11.0 Å². The Labute approximate surface area is 76.7 Å². The molecule has 66 valence electrons. The Morgan fingerprint density at radius 1 is 1.62 bits per heavy atom. The molecule has 0 aromatic heterocycles. The van der Waals surface area contributed by atoms with Crippen molar-refractivity contribution in [3.8, 4) is 11.8 Å². The van der Waals surface area contributed by atoms with Crippen LogP contribution in [0.25, 0.3) is 0 Å². The summed E-state index contributed by atoms with van der Waals surface area (Å²) in [6, 6.07) is 5.09. The van der Waals surface area contributed by atoms with E-state index >= 15 is 0 Å². The number of nitrogens with two attached hydrogens (primary N) is 1.